The second-order valence-electron chi connectivity index (χ2n) is 16.6. The van der Waals surface area contributed by atoms with Crippen LogP contribution < -0.4 is 10.6 Å². The van der Waals surface area contributed by atoms with Crippen molar-refractivity contribution in [3.63, 3.8) is 0 Å². The second-order valence-corrected chi connectivity index (χ2v) is 18.6. The predicted octanol–water partition coefficient (Wildman–Crippen LogP) is 5.98. The first-order valence-corrected chi connectivity index (χ1v) is 20.3. The first kappa shape index (κ1) is 45.5. The van der Waals surface area contributed by atoms with Gasteiger partial charge in [-0.05, 0) is 56.7 Å². The number of thioether (sulfide) groups is 1. The summed E-state index contributed by atoms with van der Waals surface area (Å²) < 4.78 is 6.01. The largest absolute Gasteiger partial charge is 0.379 e. The van der Waals surface area contributed by atoms with Gasteiger partial charge in [0.05, 0.1) is 30.0 Å². The zero-order chi connectivity index (χ0) is 39.3. The molecule has 4 amide bonds. The highest BCUT2D eigenvalue weighted by molar-refractivity contribution is 8.01. The molecule has 0 aromatic heterocycles. The van der Waals surface area contributed by atoms with Crippen LogP contribution in [0.2, 0.25) is 0 Å². The van der Waals surface area contributed by atoms with Crippen molar-refractivity contribution in [2.45, 2.75) is 148 Å². The Morgan fingerprint density at radius 1 is 0.981 bits per heavy atom. The number of amides is 4. The lowest BCUT2D eigenvalue weighted by Gasteiger charge is -2.40. The van der Waals surface area contributed by atoms with Crippen LogP contribution in [0.3, 0.4) is 0 Å². The van der Waals surface area contributed by atoms with E-state index in [1.54, 1.807) is 30.8 Å². The molecule has 1 aromatic carbocycles. The van der Waals surface area contributed by atoms with Gasteiger partial charge in [-0.15, -0.1) is 11.8 Å². The Balaban J connectivity index is 2.15. The molecule has 2 N–H and O–H groups in total. The molecule has 1 aliphatic heterocycles. The number of benzene rings is 1. The molecule has 2 rings (SSSR count). The smallest absolute Gasteiger partial charge is 0.245 e. The maximum absolute atomic E-state index is 14.2. The van der Waals surface area contributed by atoms with Gasteiger partial charge < -0.3 is 25.2 Å². The van der Waals surface area contributed by atoms with Crippen molar-refractivity contribution >= 4 is 35.4 Å². The summed E-state index contributed by atoms with van der Waals surface area (Å²) >= 11 is 1.76. The molecule has 0 saturated carbocycles. The molecule has 1 aromatic rings. The van der Waals surface area contributed by atoms with Gasteiger partial charge in [-0.1, -0.05) is 99.1 Å². The van der Waals surface area contributed by atoms with Crippen molar-refractivity contribution in [3.8, 4) is 0 Å². The number of carbonyl (C=O) groups is 4. The van der Waals surface area contributed by atoms with Gasteiger partial charge in [0.25, 0.3) is 0 Å². The summed E-state index contributed by atoms with van der Waals surface area (Å²) in [5.74, 6) is -0.419. The second kappa shape index (κ2) is 21.3. The van der Waals surface area contributed by atoms with E-state index in [2.05, 4.69) is 57.4 Å². The van der Waals surface area contributed by atoms with Gasteiger partial charge in [0.15, 0.2) is 0 Å². The first-order valence-electron chi connectivity index (χ1n) is 19.4. The summed E-state index contributed by atoms with van der Waals surface area (Å²) in [7, 11) is 7.11. The topological polar surface area (TPSA) is 111 Å². The molecule has 1 aliphatic rings. The average Bonchev–Trinajstić information content (AvgIpc) is 3.53. The van der Waals surface area contributed by atoms with Crippen LogP contribution in [-0.4, -0.2) is 114 Å². The Morgan fingerprint density at radius 2 is 1.62 bits per heavy atom. The van der Waals surface area contributed by atoms with Crippen molar-refractivity contribution in [2.24, 2.45) is 17.8 Å². The van der Waals surface area contributed by atoms with E-state index in [1.807, 2.05) is 69.8 Å². The van der Waals surface area contributed by atoms with Gasteiger partial charge in [0.2, 0.25) is 23.6 Å². The van der Waals surface area contributed by atoms with Crippen molar-refractivity contribution in [1.82, 2.24) is 25.3 Å². The van der Waals surface area contributed by atoms with Gasteiger partial charge in [0.1, 0.15) is 6.04 Å². The van der Waals surface area contributed by atoms with Crippen molar-refractivity contribution in [2.75, 3.05) is 34.8 Å². The summed E-state index contributed by atoms with van der Waals surface area (Å²) in [6, 6.07) is 8.73. The lowest BCUT2D eigenvalue weighted by Crippen LogP contribution is -2.59. The fourth-order valence-corrected chi connectivity index (χ4v) is 8.83. The molecule has 10 nitrogen and oxygen atoms in total. The minimum absolute atomic E-state index is 0.000754. The minimum atomic E-state index is -0.721. The van der Waals surface area contributed by atoms with E-state index in [4.69, 9.17) is 4.74 Å². The summed E-state index contributed by atoms with van der Waals surface area (Å²) in [5.41, 5.74) is 1.18. The number of rotatable bonds is 20. The lowest BCUT2D eigenvalue weighted by atomic mass is 9.89. The molecule has 52 heavy (non-hydrogen) atoms. The van der Waals surface area contributed by atoms with Crippen LogP contribution in [0.4, 0.5) is 0 Å². The number of nitrogens with one attached hydrogen (secondary N) is 2. The predicted molar refractivity (Wildman–Crippen MR) is 214 cm³/mol. The molecule has 11 heteroatoms. The van der Waals surface area contributed by atoms with E-state index < -0.39 is 12.1 Å². The van der Waals surface area contributed by atoms with Gasteiger partial charge in [0, 0.05) is 44.3 Å². The summed E-state index contributed by atoms with van der Waals surface area (Å²) in [4.78, 5) is 60.3. The Hall–Kier alpha value is -2.63. The number of methoxy groups -OCH3 is 1. The van der Waals surface area contributed by atoms with Crippen molar-refractivity contribution in [1.29, 1.82) is 0 Å². The van der Waals surface area contributed by atoms with Crippen LogP contribution in [-0.2, 0) is 30.3 Å². The summed E-state index contributed by atoms with van der Waals surface area (Å²) in [6.07, 6.45) is 3.80. The van der Waals surface area contributed by atoms with E-state index in [0.29, 0.717) is 19.4 Å². The minimum Gasteiger partial charge on any atom is -0.379 e. The van der Waals surface area contributed by atoms with Crippen LogP contribution in [0.15, 0.2) is 30.3 Å². The highest BCUT2D eigenvalue weighted by Gasteiger charge is 2.40. The van der Waals surface area contributed by atoms with Crippen molar-refractivity contribution in [3.05, 3.63) is 35.9 Å². The fraction of sp³-hybridized carbons (Fsp3) is 0.756. The number of hydrogen-bond acceptors (Lipinski definition) is 7. The average molecular weight is 746 g/mol. The van der Waals surface area contributed by atoms with E-state index in [1.165, 1.54) is 5.56 Å². The van der Waals surface area contributed by atoms with E-state index in [-0.39, 0.29) is 76.0 Å². The number of nitrogens with zero attached hydrogens (tertiary/aromatic N) is 3. The highest BCUT2D eigenvalue weighted by atomic mass is 32.2. The number of hydrogen-bond donors (Lipinski definition) is 2. The molecule has 0 bridgehead atoms. The van der Waals surface area contributed by atoms with E-state index in [0.717, 1.165) is 25.7 Å². The Labute approximate surface area is 319 Å². The third-order valence-electron chi connectivity index (χ3n) is 10.3. The molecule has 7 atom stereocenters. The quantitative estimate of drug-likeness (QED) is 0.158. The van der Waals surface area contributed by atoms with Gasteiger partial charge in [-0.3, -0.25) is 24.1 Å². The zero-order valence-corrected chi connectivity index (χ0v) is 35.3. The van der Waals surface area contributed by atoms with E-state index >= 15 is 0 Å². The Bertz CT molecular complexity index is 1260. The molecule has 1 saturated heterocycles. The number of ether oxygens (including phenoxy) is 1. The maximum atomic E-state index is 14.2. The van der Waals surface area contributed by atoms with Crippen LogP contribution in [0.5, 0.6) is 0 Å². The lowest BCUT2D eigenvalue weighted by molar-refractivity contribution is -0.146. The molecule has 0 radical (unpaired) electrons. The zero-order valence-electron chi connectivity index (χ0n) is 34.5. The van der Waals surface area contributed by atoms with Crippen LogP contribution in [0.1, 0.15) is 106 Å². The maximum Gasteiger partial charge on any atom is 0.245 e. The third-order valence-corrected chi connectivity index (χ3v) is 11.5. The normalized spacial score (nSPS) is 18.5. The standard InChI is InChI=1S/C41H71N5O5S/c1-14-29(6)38(45(12)40(50)36(27(2)3)43-39(49)37(28(4)5)44(10)11)32(51-13)26-35(48)46-24-18-21-31(46)22-23-33(47)42-34(52-41(7,8)9)25-30-19-16-15-17-20-30/h15-17,19-20,27-29,31-32,34,36-38H,14,18,21-26H2,1-13H3,(H,42,47)(H,43,49)/t29?,31?,32?,34-,36?,37?,38?/m0/s1. The highest BCUT2D eigenvalue weighted by Crippen LogP contribution is 2.30. The summed E-state index contributed by atoms with van der Waals surface area (Å²) in [5, 5.41) is 6.27. The molecule has 0 aliphatic carbocycles. The molecule has 1 heterocycles. The molecular weight excluding hydrogens is 675 g/mol. The van der Waals surface area contributed by atoms with E-state index in [9.17, 15) is 19.2 Å². The first-order chi connectivity index (χ1) is 24.3. The summed E-state index contributed by atoms with van der Waals surface area (Å²) in [6.45, 7) is 19.1. The van der Waals surface area contributed by atoms with Crippen LogP contribution >= 0.6 is 11.8 Å². The number of likely N-dealkylation sites (tertiary alicyclic amines) is 1. The van der Waals surface area contributed by atoms with Crippen LogP contribution in [0, 0.1) is 17.8 Å². The Morgan fingerprint density at radius 3 is 2.13 bits per heavy atom. The molecule has 296 valence electrons. The van der Waals surface area contributed by atoms with Gasteiger partial charge >= 0.3 is 0 Å². The molecule has 0 spiro atoms. The fourth-order valence-electron chi connectivity index (χ4n) is 7.51. The number of likely N-dealkylation sites (N-methyl/N-ethyl adjacent to an activating group) is 2. The third kappa shape index (κ3) is 14.0. The monoisotopic (exact) mass is 746 g/mol. The van der Waals surface area contributed by atoms with Gasteiger partial charge in [-0.25, -0.2) is 0 Å². The Kier molecular flexibility index (Phi) is 18.7. The van der Waals surface area contributed by atoms with Gasteiger partial charge in [-0.2, -0.15) is 0 Å². The molecule has 1 fully saturated rings. The number of carbonyl (C=O) groups excluding carboxylic acids is 4. The molecule has 6 unspecified atom stereocenters. The molecular formula is C41H71N5O5S. The van der Waals surface area contributed by atoms with Crippen molar-refractivity contribution < 1.29 is 23.9 Å². The van der Waals surface area contributed by atoms with Crippen LogP contribution in [0.25, 0.3) is 0 Å². The SMILES string of the molecule is CCC(C)C(C(CC(=O)N1CCCC1CCC(=O)N[C@H](Cc1ccccc1)SC(C)(C)C)OC)N(C)C(=O)C(NC(=O)C(C(C)C)N(C)C)C(C)C.